The van der Waals surface area contributed by atoms with Crippen LogP contribution in [0.15, 0.2) is 4.34 Å². The Hall–Kier alpha value is -1.08. The number of esters is 2. The number of nitrogens with zero attached hydrogens (tertiary/aromatic N) is 1. The van der Waals surface area contributed by atoms with E-state index >= 15 is 0 Å². The number of carbonyl (C=O) groups excluding carboxylic acids is 2. The molecule has 16 heavy (non-hydrogen) atoms. The number of thiazole rings is 1. The van der Waals surface area contributed by atoms with Crippen LogP contribution in [0.3, 0.4) is 0 Å². The molecule has 0 unspecified atom stereocenters. The van der Waals surface area contributed by atoms with Gasteiger partial charge in [-0.05, 0) is 13.8 Å². The highest BCUT2D eigenvalue weighted by molar-refractivity contribution is 7.82. The van der Waals surface area contributed by atoms with Gasteiger partial charge in [0.05, 0.1) is 13.2 Å². The van der Waals surface area contributed by atoms with Crippen molar-refractivity contribution < 1.29 is 19.1 Å². The number of rotatable bonds is 4. The maximum atomic E-state index is 11.5. The third-order valence-electron chi connectivity index (χ3n) is 1.55. The standard InChI is InChI=1S/C9H11NO4S2/c1-3-13-7(11)5-6(8(12)14-4-2)16-9(15)10-5/h3-4H2,1-2H3,(H,10,15). The highest BCUT2D eigenvalue weighted by Crippen LogP contribution is 2.23. The number of ether oxygens (including phenoxy) is 2. The topological polar surface area (TPSA) is 65.5 Å². The summed E-state index contributed by atoms with van der Waals surface area (Å²) in [6.45, 7) is 3.82. The lowest BCUT2D eigenvalue weighted by atomic mass is 10.3. The summed E-state index contributed by atoms with van der Waals surface area (Å²) in [7, 11) is 0. The first-order valence-electron chi connectivity index (χ1n) is 4.64. The Morgan fingerprint density at radius 2 is 1.81 bits per heavy atom. The summed E-state index contributed by atoms with van der Waals surface area (Å²) in [5.41, 5.74) is -0.0321. The second kappa shape index (κ2) is 5.86. The Labute approximate surface area is 102 Å². The molecule has 0 aromatic carbocycles. The van der Waals surface area contributed by atoms with E-state index in [1.807, 2.05) is 0 Å². The minimum atomic E-state index is -0.637. The Bertz CT molecular complexity index is 367. The van der Waals surface area contributed by atoms with Crippen LogP contribution in [0, 0.1) is 0 Å². The van der Waals surface area contributed by atoms with Crippen molar-refractivity contribution in [1.82, 2.24) is 4.98 Å². The molecule has 1 heterocycles. The van der Waals surface area contributed by atoms with E-state index in [-0.39, 0.29) is 23.8 Å². The molecular formula is C9H11NO4S2. The van der Waals surface area contributed by atoms with Crippen molar-refractivity contribution >= 4 is 35.9 Å². The van der Waals surface area contributed by atoms with Crippen LogP contribution in [0.4, 0.5) is 0 Å². The van der Waals surface area contributed by atoms with Crippen molar-refractivity contribution in [2.24, 2.45) is 0 Å². The fourth-order valence-electron chi connectivity index (χ4n) is 0.982. The van der Waals surface area contributed by atoms with Crippen molar-refractivity contribution in [1.29, 1.82) is 0 Å². The second-order valence-electron chi connectivity index (χ2n) is 2.62. The van der Waals surface area contributed by atoms with Crippen molar-refractivity contribution in [2.45, 2.75) is 18.2 Å². The maximum absolute atomic E-state index is 11.5. The summed E-state index contributed by atoms with van der Waals surface area (Å²) in [5, 5.41) is 0. The summed E-state index contributed by atoms with van der Waals surface area (Å²) in [6, 6.07) is 0. The number of thiol groups is 1. The fourth-order valence-corrected chi connectivity index (χ4v) is 2.04. The Balaban J connectivity index is 2.99. The zero-order chi connectivity index (χ0) is 12.1. The number of aromatic nitrogens is 1. The van der Waals surface area contributed by atoms with Gasteiger partial charge >= 0.3 is 11.9 Å². The Morgan fingerprint density at radius 1 is 1.25 bits per heavy atom. The summed E-state index contributed by atoms with van der Waals surface area (Å²) in [6.07, 6.45) is 0. The smallest absolute Gasteiger partial charge is 0.358 e. The minimum Gasteiger partial charge on any atom is -0.462 e. The normalized spacial score (nSPS) is 9.94. The van der Waals surface area contributed by atoms with Gasteiger partial charge in [-0.25, -0.2) is 14.6 Å². The van der Waals surface area contributed by atoms with E-state index in [1.165, 1.54) is 0 Å². The van der Waals surface area contributed by atoms with E-state index in [9.17, 15) is 9.59 Å². The van der Waals surface area contributed by atoms with Gasteiger partial charge < -0.3 is 9.47 Å². The lowest BCUT2D eigenvalue weighted by Gasteiger charge is -2.01. The van der Waals surface area contributed by atoms with E-state index < -0.39 is 11.9 Å². The molecule has 1 aromatic rings. The predicted octanol–water partition coefficient (Wildman–Crippen LogP) is 1.79. The van der Waals surface area contributed by atoms with Crippen LogP contribution in [0.25, 0.3) is 0 Å². The third-order valence-corrected chi connectivity index (χ3v) is 2.76. The SMILES string of the molecule is CCOC(=O)c1nc(S)sc1C(=O)OCC. The zero-order valence-corrected chi connectivity index (χ0v) is 10.6. The quantitative estimate of drug-likeness (QED) is 0.661. The second-order valence-corrected chi connectivity index (χ2v) is 4.34. The van der Waals surface area contributed by atoms with Gasteiger partial charge in [0.1, 0.15) is 9.22 Å². The lowest BCUT2D eigenvalue weighted by Crippen LogP contribution is -2.12. The molecule has 88 valence electrons. The minimum absolute atomic E-state index is 0.0321. The van der Waals surface area contributed by atoms with Crippen molar-refractivity contribution in [2.75, 3.05) is 13.2 Å². The van der Waals surface area contributed by atoms with Crippen LogP contribution < -0.4 is 0 Å². The van der Waals surface area contributed by atoms with Gasteiger partial charge in [0.25, 0.3) is 0 Å². The Kier molecular flexibility index (Phi) is 4.75. The van der Waals surface area contributed by atoms with E-state index in [1.54, 1.807) is 13.8 Å². The Morgan fingerprint density at radius 3 is 2.38 bits per heavy atom. The molecule has 1 rings (SSSR count). The molecule has 5 nitrogen and oxygen atoms in total. The summed E-state index contributed by atoms with van der Waals surface area (Å²) < 4.78 is 9.90. The largest absolute Gasteiger partial charge is 0.462 e. The lowest BCUT2D eigenvalue weighted by molar-refractivity contribution is 0.0478. The van der Waals surface area contributed by atoms with Crippen molar-refractivity contribution in [3.63, 3.8) is 0 Å². The van der Waals surface area contributed by atoms with Crippen LogP contribution >= 0.6 is 24.0 Å². The van der Waals surface area contributed by atoms with Crippen molar-refractivity contribution in [3.8, 4) is 0 Å². The summed E-state index contributed by atoms with van der Waals surface area (Å²) >= 11 is 4.99. The van der Waals surface area contributed by atoms with Gasteiger partial charge in [-0.3, -0.25) is 0 Å². The molecule has 0 saturated carbocycles. The molecule has 0 amide bonds. The first-order chi connectivity index (χ1) is 7.60. The third kappa shape index (κ3) is 2.96. The van der Waals surface area contributed by atoms with Gasteiger partial charge in [-0.2, -0.15) is 0 Å². The average molecular weight is 261 g/mol. The van der Waals surface area contributed by atoms with E-state index in [2.05, 4.69) is 17.6 Å². The van der Waals surface area contributed by atoms with Crippen LogP contribution in [0.1, 0.15) is 34.0 Å². The number of carbonyl (C=O) groups is 2. The molecule has 0 saturated heterocycles. The van der Waals surface area contributed by atoms with Crippen LogP contribution in [-0.4, -0.2) is 30.1 Å². The zero-order valence-electron chi connectivity index (χ0n) is 8.85. The highest BCUT2D eigenvalue weighted by Gasteiger charge is 2.24. The number of hydrogen-bond acceptors (Lipinski definition) is 7. The van der Waals surface area contributed by atoms with Crippen LogP contribution in [-0.2, 0) is 9.47 Å². The van der Waals surface area contributed by atoms with Crippen molar-refractivity contribution in [3.05, 3.63) is 10.6 Å². The molecule has 0 atom stereocenters. The first-order valence-corrected chi connectivity index (χ1v) is 5.90. The van der Waals surface area contributed by atoms with E-state index in [0.717, 1.165) is 11.3 Å². The van der Waals surface area contributed by atoms with Gasteiger partial charge in [-0.1, -0.05) is 11.3 Å². The van der Waals surface area contributed by atoms with Crippen LogP contribution in [0.2, 0.25) is 0 Å². The molecule has 0 aliphatic heterocycles. The first kappa shape index (κ1) is 13.0. The van der Waals surface area contributed by atoms with Crippen LogP contribution in [0.5, 0.6) is 0 Å². The number of hydrogen-bond donors (Lipinski definition) is 1. The van der Waals surface area contributed by atoms with Gasteiger partial charge in [-0.15, -0.1) is 12.6 Å². The molecule has 0 spiro atoms. The molecule has 0 bridgehead atoms. The molecule has 0 fully saturated rings. The molecule has 0 radical (unpaired) electrons. The molecular weight excluding hydrogens is 250 g/mol. The van der Waals surface area contributed by atoms with E-state index in [4.69, 9.17) is 9.47 Å². The molecule has 0 aliphatic rings. The molecule has 0 aliphatic carbocycles. The summed E-state index contributed by atoms with van der Waals surface area (Å²) in [4.78, 5) is 26.9. The van der Waals surface area contributed by atoms with Gasteiger partial charge in [0, 0.05) is 0 Å². The average Bonchev–Trinajstić information content (AvgIpc) is 2.61. The fraction of sp³-hybridized carbons (Fsp3) is 0.444. The van der Waals surface area contributed by atoms with Gasteiger partial charge in [0.2, 0.25) is 0 Å². The highest BCUT2D eigenvalue weighted by atomic mass is 32.2. The maximum Gasteiger partial charge on any atom is 0.358 e. The molecule has 7 heteroatoms. The molecule has 0 N–H and O–H groups in total. The van der Waals surface area contributed by atoms with Gasteiger partial charge in [0.15, 0.2) is 5.69 Å². The molecule has 1 aromatic heterocycles. The summed E-state index contributed by atoms with van der Waals surface area (Å²) in [5.74, 6) is -1.22. The van der Waals surface area contributed by atoms with E-state index in [0.29, 0.717) is 4.34 Å². The monoisotopic (exact) mass is 261 g/mol. The predicted molar refractivity (Wildman–Crippen MR) is 61.3 cm³/mol.